The molecule has 0 aliphatic heterocycles. The van der Waals surface area contributed by atoms with Gasteiger partial charge < -0.3 is 15.7 Å². The van der Waals surface area contributed by atoms with Crippen LogP contribution in [0.1, 0.15) is 51.9 Å². The fourth-order valence-electron chi connectivity index (χ4n) is 2.52. The number of amides is 1. The SMILES string of the molecule is CCCC[C@H](N)C(=O)N(C)C1CCCCC1O. The quantitative estimate of drug-likeness (QED) is 0.763. The molecule has 0 radical (unpaired) electrons. The van der Waals surface area contributed by atoms with Crippen LogP contribution in [0.15, 0.2) is 0 Å². The first-order valence-corrected chi connectivity index (χ1v) is 6.78. The number of unbranched alkanes of at least 4 members (excludes halogenated alkanes) is 1. The van der Waals surface area contributed by atoms with Crippen molar-refractivity contribution < 1.29 is 9.90 Å². The van der Waals surface area contributed by atoms with Gasteiger partial charge in [0.15, 0.2) is 0 Å². The summed E-state index contributed by atoms with van der Waals surface area (Å²) in [7, 11) is 1.77. The Labute approximate surface area is 104 Å². The van der Waals surface area contributed by atoms with Crippen molar-refractivity contribution in [2.24, 2.45) is 5.73 Å². The number of nitrogens with zero attached hydrogens (tertiary/aromatic N) is 1. The number of carbonyl (C=O) groups is 1. The highest BCUT2D eigenvalue weighted by Crippen LogP contribution is 2.23. The van der Waals surface area contributed by atoms with E-state index in [0.717, 1.165) is 44.9 Å². The highest BCUT2D eigenvalue weighted by atomic mass is 16.3. The highest BCUT2D eigenvalue weighted by molar-refractivity contribution is 5.81. The van der Waals surface area contributed by atoms with Crippen LogP contribution in [-0.2, 0) is 4.79 Å². The van der Waals surface area contributed by atoms with Crippen LogP contribution in [-0.4, -0.2) is 41.1 Å². The van der Waals surface area contributed by atoms with Crippen LogP contribution in [0.2, 0.25) is 0 Å². The fourth-order valence-corrected chi connectivity index (χ4v) is 2.52. The average Bonchev–Trinajstić information content (AvgIpc) is 2.34. The van der Waals surface area contributed by atoms with E-state index < -0.39 is 6.04 Å². The maximum Gasteiger partial charge on any atom is 0.239 e. The predicted molar refractivity (Wildman–Crippen MR) is 68.5 cm³/mol. The molecule has 0 saturated heterocycles. The molecule has 0 heterocycles. The number of hydrogen-bond donors (Lipinski definition) is 2. The molecule has 0 aromatic rings. The van der Waals surface area contributed by atoms with Crippen LogP contribution < -0.4 is 5.73 Å². The van der Waals surface area contributed by atoms with E-state index in [1.54, 1.807) is 11.9 Å². The van der Waals surface area contributed by atoms with E-state index in [-0.39, 0.29) is 18.1 Å². The molecule has 1 fully saturated rings. The zero-order chi connectivity index (χ0) is 12.8. The molecule has 4 nitrogen and oxygen atoms in total. The Morgan fingerprint density at radius 2 is 2.12 bits per heavy atom. The van der Waals surface area contributed by atoms with Crippen molar-refractivity contribution in [2.75, 3.05) is 7.05 Å². The van der Waals surface area contributed by atoms with Gasteiger partial charge in [-0.25, -0.2) is 0 Å². The maximum atomic E-state index is 12.1. The molecular formula is C13H26N2O2. The first-order valence-electron chi connectivity index (χ1n) is 6.78. The molecule has 0 aromatic heterocycles. The molecule has 1 aliphatic rings. The number of hydrogen-bond acceptors (Lipinski definition) is 3. The van der Waals surface area contributed by atoms with Gasteiger partial charge in [0.05, 0.1) is 18.2 Å². The van der Waals surface area contributed by atoms with Crippen LogP contribution >= 0.6 is 0 Å². The Balaban J connectivity index is 2.49. The largest absolute Gasteiger partial charge is 0.391 e. The number of carbonyl (C=O) groups excluding carboxylic acids is 1. The summed E-state index contributed by atoms with van der Waals surface area (Å²) in [5, 5.41) is 9.91. The summed E-state index contributed by atoms with van der Waals surface area (Å²) in [4.78, 5) is 13.8. The van der Waals surface area contributed by atoms with Gasteiger partial charge in [0.2, 0.25) is 5.91 Å². The van der Waals surface area contributed by atoms with Crippen molar-refractivity contribution in [1.29, 1.82) is 0 Å². The molecule has 1 aliphatic carbocycles. The second-order valence-electron chi connectivity index (χ2n) is 5.12. The summed E-state index contributed by atoms with van der Waals surface area (Å²) in [5.74, 6) is -0.0237. The second-order valence-corrected chi connectivity index (χ2v) is 5.12. The Morgan fingerprint density at radius 1 is 1.47 bits per heavy atom. The lowest BCUT2D eigenvalue weighted by molar-refractivity contribution is -0.137. The summed E-state index contributed by atoms with van der Waals surface area (Å²) < 4.78 is 0. The fraction of sp³-hybridized carbons (Fsp3) is 0.923. The van der Waals surface area contributed by atoms with Gasteiger partial charge in [0, 0.05) is 7.05 Å². The standard InChI is InChI=1S/C13H26N2O2/c1-3-4-7-10(14)13(17)15(2)11-8-5-6-9-12(11)16/h10-12,16H,3-9,14H2,1-2H3/t10-,11?,12?/m0/s1. The molecule has 2 unspecified atom stereocenters. The van der Waals surface area contributed by atoms with E-state index in [9.17, 15) is 9.90 Å². The molecule has 1 saturated carbocycles. The van der Waals surface area contributed by atoms with Crippen molar-refractivity contribution in [3.63, 3.8) is 0 Å². The Kier molecular flexibility index (Phi) is 5.92. The van der Waals surface area contributed by atoms with Gasteiger partial charge in [-0.3, -0.25) is 4.79 Å². The van der Waals surface area contributed by atoms with Crippen LogP contribution in [0.4, 0.5) is 0 Å². The number of rotatable bonds is 5. The van der Waals surface area contributed by atoms with E-state index in [4.69, 9.17) is 5.73 Å². The van der Waals surface area contributed by atoms with Crippen molar-refractivity contribution in [2.45, 2.75) is 70.1 Å². The van der Waals surface area contributed by atoms with E-state index in [1.807, 2.05) is 0 Å². The lowest BCUT2D eigenvalue weighted by Gasteiger charge is -2.36. The molecule has 0 bridgehead atoms. The summed E-state index contributed by atoms with van der Waals surface area (Å²) in [5.41, 5.74) is 5.88. The minimum Gasteiger partial charge on any atom is -0.391 e. The molecule has 0 spiro atoms. The van der Waals surface area contributed by atoms with Gasteiger partial charge in [-0.2, -0.15) is 0 Å². The van der Waals surface area contributed by atoms with Gasteiger partial charge in [0.25, 0.3) is 0 Å². The summed E-state index contributed by atoms with van der Waals surface area (Å²) in [6.45, 7) is 2.09. The van der Waals surface area contributed by atoms with Crippen LogP contribution in [0, 0.1) is 0 Å². The van der Waals surface area contributed by atoms with E-state index in [2.05, 4.69) is 6.92 Å². The zero-order valence-corrected chi connectivity index (χ0v) is 11.1. The number of nitrogens with two attached hydrogens (primary N) is 1. The predicted octanol–water partition coefficient (Wildman–Crippen LogP) is 1.27. The Bertz CT molecular complexity index is 246. The van der Waals surface area contributed by atoms with Crippen LogP contribution in [0.5, 0.6) is 0 Å². The third-order valence-electron chi connectivity index (χ3n) is 3.72. The van der Waals surface area contributed by atoms with Crippen molar-refractivity contribution >= 4 is 5.91 Å². The summed E-state index contributed by atoms with van der Waals surface area (Å²) >= 11 is 0. The van der Waals surface area contributed by atoms with Gasteiger partial charge >= 0.3 is 0 Å². The number of aliphatic hydroxyl groups excluding tert-OH is 1. The molecule has 1 rings (SSSR count). The minimum absolute atomic E-state index is 0.0237. The van der Waals surface area contributed by atoms with Crippen LogP contribution in [0.25, 0.3) is 0 Å². The molecule has 4 heteroatoms. The lowest BCUT2D eigenvalue weighted by atomic mass is 9.91. The van der Waals surface area contributed by atoms with Gasteiger partial charge in [-0.05, 0) is 19.3 Å². The van der Waals surface area contributed by atoms with Gasteiger partial charge in [-0.15, -0.1) is 0 Å². The summed E-state index contributed by atoms with van der Waals surface area (Å²) in [6, 6.07) is -0.446. The first kappa shape index (κ1) is 14.5. The molecule has 0 aromatic carbocycles. The first-order chi connectivity index (χ1) is 8.07. The van der Waals surface area contributed by atoms with Crippen molar-refractivity contribution in [3.05, 3.63) is 0 Å². The third-order valence-corrected chi connectivity index (χ3v) is 3.72. The minimum atomic E-state index is -0.408. The average molecular weight is 242 g/mol. The maximum absolute atomic E-state index is 12.1. The molecule has 17 heavy (non-hydrogen) atoms. The molecule has 1 amide bonds. The third kappa shape index (κ3) is 3.96. The lowest BCUT2D eigenvalue weighted by Crippen LogP contribution is -2.51. The van der Waals surface area contributed by atoms with E-state index >= 15 is 0 Å². The zero-order valence-electron chi connectivity index (χ0n) is 11.1. The normalized spacial score (nSPS) is 26.6. The summed E-state index contributed by atoms with van der Waals surface area (Å²) in [6.07, 6.45) is 6.23. The van der Waals surface area contributed by atoms with Crippen LogP contribution in [0.3, 0.4) is 0 Å². The van der Waals surface area contributed by atoms with E-state index in [1.165, 1.54) is 0 Å². The van der Waals surface area contributed by atoms with Crippen molar-refractivity contribution in [3.8, 4) is 0 Å². The smallest absolute Gasteiger partial charge is 0.239 e. The number of likely N-dealkylation sites (N-methyl/N-ethyl adjacent to an activating group) is 1. The second kappa shape index (κ2) is 6.97. The molecule has 3 N–H and O–H groups in total. The van der Waals surface area contributed by atoms with Gasteiger partial charge in [-0.1, -0.05) is 32.6 Å². The van der Waals surface area contributed by atoms with E-state index in [0.29, 0.717) is 0 Å². The highest BCUT2D eigenvalue weighted by Gasteiger charge is 2.31. The molecule has 100 valence electrons. The van der Waals surface area contributed by atoms with Gasteiger partial charge in [0.1, 0.15) is 0 Å². The Morgan fingerprint density at radius 3 is 2.71 bits per heavy atom. The molecular weight excluding hydrogens is 216 g/mol. The number of aliphatic hydroxyl groups is 1. The monoisotopic (exact) mass is 242 g/mol. The topological polar surface area (TPSA) is 66.6 Å². The molecule has 3 atom stereocenters. The Hall–Kier alpha value is -0.610. The van der Waals surface area contributed by atoms with Crippen molar-refractivity contribution in [1.82, 2.24) is 4.90 Å².